The number of hydrogen-bond acceptors (Lipinski definition) is 5. The maximum Gasteiger partial charge on any atom is 0.267 e. The third kappa shape index (κ3) is 2.48. The molecule has 3 aromatic carbocycles. The SMILES string of the molecule is CCc1ccc2c(c1)C1(NN=C(c3ccc4cc(OC)ccc4c3)S1)C(=O)N2. The van der Waals surface area contributed by atoms with E-state index >= 15 is 0 Å². The van der Waals surface area contributed by atoms with Crippen LogP contribution in [0.2, 0.25) is 0 Å². The number of aryl methyl sites for hydroxylation is 1. The second-order valence-electron chi connectivity index (χ2n) is 6.93. The van der Waals surface area contributed by atoms with Gasteiger partial charge in [0.2, 0.25) is 4.87 Å². The van der Waals surface area contributed by atoms with Gasteiger partial charge in [0.05, 0.1) is 7.11 Å². The Morgan fingerprint density at radius 2 is 1.89 bits per heavy atom. The molecular weight excluding hydrogens is 370 g/mol. The highest BCUT2D eigenvalue weighted by Gasteiger charge is 2.52. The van der Waals surface area contributed by atoms with Gasteiger partial charge in [0.15, 0.2) is 0 Å². The maximum atomic E-state index is 12.8. The van der Waals surface area contributed by atoms with Crippen molar-refractivity contribution in [3.8, 4) is 5.75 Å². The van der Waals surface area contributed by atoms with E-state index in [0.717, 1.165) is 44.8 Å². The van der Waals surface area contributed by atoms with E-state index < -0.39 is 4.87 Å². The summed E-state index contributed by atoms with van der Waals surface area (Å²) in [5.74, 6) is 0.754. The molecule has 0 aromatic heterocycles. The molecule has 2 aliphatic rings. The van der Waals surface area contributed by atoms with E-state index in [0.29, 0.717) is 0 Å². The molecular formula is C22H19N3O2S. The number of benzene rings is 3. The lowest BCUT2D eigenvalue weighted by atomic mass is 10.0. The zero-order chi connectivity index (χ0) is 19.3. The second-order valence-corrected chi connectivity index (χ2v) is 8.13. The molecule has 5 nitrogen and oxygen atoms in total. The van der Waals surface area contributed by atoms with Crippen LogP contribution in [-0.2, 0) is 16.1 Å². The summed E-state index contributed by atoms with van der Waals surface area (Å²) in [5.41, 5.74) is 7.11. The first kappa shape index (κ1) is 17.1. The molecule has 0 radical (unpaired) electrons. The van der Waals surface area contributed by atoms with Crippen molar-refractivity contribution in [1.82, 2.24) is 5.43 Å². The number of fused-ring (bicyclic) bond motifs is 3. The average Bonchev–Trinajstić information content (AvgIpc) is 3.30. The Balaban J connectivity index is 1.51. The van der Waals surface area contributed by atoms with Crippen molar-refractivity contribution in [1.29, 1.82) is 0 Å². The zero-order valence-corrected chi connectivity index (χ0v) is 16.4. The highest BCUT2D eigenvalue weighted by molar-refractivity contribution is 8.16. The van der Waals surface area contributed by atoms with E-state index in [1.807, 2.05) is 30.3 Å². The van der Waals surface area contributed by atoms with E-state index in [1.54, 1.807) is 7.11 Å². The Kier molecular flexibility index (Phi) is 3.84. The number of hydrazone groups is 1. The Hall–Kier alpha value is -2.99. The van der Waals surface area contributed by atoms with Crippen LogP contribution < -0.4 is 15.5 Å². The Bertz CT molecular complexity index is 1160. The molecule has 2 N–H and O–H groups in total. The average molecular weight is 389 g/mol. The van der Waals surface area contributed by atoms with Crippen LogP contribution in [0.3, 0.4) is 0 Å². The molecule has 2 aliphatic heterocycles. The monoisotopic (exact) mass is 389 g/mol. The van der Waals surface area contributed by atoms with Gasteiger partial charge in [-0.3, -0.25) is 10.2 Å². The van der Waals surface area contributed by atoms with Crippen molar-refractivity contribution < 1.29 is 9.53 Å². The van der Waals surface area contributed by atoms with Crippen LogP contribution in [0.4, 0.5) is 5.69 Å². The van der Waals surface area contributed by atoms with Gasteiger partial charge in [-0.05, 0) is 53.1 Å². The van der Waals surface area contributed by atoms with Gasteiger partial charge < -0.3 is 10.1 Å². The van der Waals surface area contributed by atoms with E-state index in [2.05, 4.69) is 47.0 Å². The molecule has 1 spiro atoms. The van der Waals surface area contributed by atoms with E-state index in [4.69, 9.17) is 4.74 Å². The number of carbonyl (C=O) groups is 1. The van der Waals surface area contributed by atoms with Crippen LogP contribution in [-0.4, -0.2) is 18.1 Å². The van der Waals surface area contributed by atoms with Gasteiger partial charge in [0.25, 0.3) is 5.91 Å². The smallest absolute Gasteiger partial charge is 0.267 e. The number of amides is 1. The Morgan fingerprint density at radius 1 is 1.07 bits per heavy atom. The van der Waals surface area contributed by atoms with Gasteiger partial charge in [-0.1, -0.05) is 43.0 Å². The molecule has 6 heteroatoms. The molecule has 0 fully saturated rings. The number of nitrogens with zero attached hydrogens (tertiary/aromatic N) is 1. The fourth-order valence-corrected chi connectivity index (χ4v) is 4.82. The second kappa shape index (κ2) is 6.27. The number of methoxy groups -OCH3 is 1. The summed E-state index contributed by atoms with van der Waals surface area (Å²) in [6.07, 6.45) is 0.921. The van der Waals surface area contributed by atoms with Crippen LogP contribution >= 0.6 is 11.8 Å². The lowest BCUT2D eigenvalue weighted by Gasteiger charge is -2.20. The van der Waals surface area contributed by atoms with Gasteiger partial charge in [0.1, 0.15) is 10.8 Å². The molecule has 5 rings (SSSR count). The first-order chi connectivity index (χ1) is 13.6. The summed E-state index contributed by atoms with van der Waals surface area (Å²) < 4.78 is 5.30. The van der Waals surface area contributed by atoms with Crippen LogP contribution in [0.25, 0.3) is 10.8 Å². The summed E-state index contributed by atoms with van der Waals surface area (Å²) >= 11 is 1.46. The minimum Gasteiger partial charge on any atom is -0.497 e. The van der Waals surface area contributed by atoms with Gasteiger partial charge in [-0.2, -0.15) is 5.10 Å². The molecule has 0 bridgehead atoms. The number of thioether (sulfide) groups is 1. The molecule has 140 valence electrons. The van der Waals surface area contributed by atoms with Crippen molar-refractivity contribution in [3.63, 3.8) is 0 Å². The highest BCUT2D eigenvalue weighted by Crippen LogP contribution is 2.48. The Labute approximate surface area is 167 Å². The first-order valence-corrected chi connectivity index (χ1v) is 10.0. The third-order valence-corrected chi connectivity index (χ3v) is 6.62. The standard InChI is InChI=1S/C22H19N3O2S/c1-3-13-4-9-19-18(10-13)22(21(26)23-19)25-24-20(28-22)16-6-5-15-12-17(27-2)8-7-14(15)11-16/h4-12,25H,3H2,1-2H3,(H,23,26). The van der Waals surface area contributed by atoms with Crippen LogP contribution in [0.15, 0.2) is 59.7 Å². The van der Waals surface area contributed by atoms with Gasteiger partial charge >= 0.3 is 0 Å². The number of carbonyl (C=O) groups excluding carboxylic acids is 1. The molecule has 0 saturated heterocycles. The van der Waals surface area contributed by atoms with Crippen molar-refractivity contribution in [2.45, 2.75) is 18.2 Å². The molecule has 3 aromatic rings. The van der Waals surface area contributed by atoms with E-state index in [1.165, 1.54) is 17.3 Å². The fourth-order valence-electron chi connectivity index (χ4n) is 3.68. The predicted molar refractivity (Wildman–Crippen MR) is 114 cm³/mol. The van der Waals surface area contributed by atoms with Crippen molar-refractivity contribution in [2.75, 3.05) is 12.4 Å². The van der Waals surface area contributed by atoms with Crippen LogP contribution in [0, 0.1) is 0 Å². The van der Waals surface area contributed by atoms with Gasteiger partial charge in [-0.15, -0.1) is 0 Å². The summed E-state index contributed by atoms with van der Waals surface area (Å²) in [4.78, 5) is 11.9. The van der Waals surface area contributed by atoms with Crippen LogP contribution in [0.5, 0.6) is 5.75 Å². The number of ether oxygens (including phenoxy) is 1. The van der Waals surface area contributed by atoms with Crippen molar-refractivity contribution in [2.24, 2.45) is 5.10 Å². The molecule has 1 atom stereocenters. The van der Waals surface area contributed by atoms with E-state index in [9.17, 15) is 4.79 Å². The predicted octanol–water partition coefficient (Wildman–Crippen LogP) is 4.21. The topological polar surface area (TPSA) is 62.7 Å². The van der Waals surface area contributed by atoms with Crippen molar-refractivity contribution in [3.05, 3.63) is 71.3 Å². The minimum atomic E-state index is -0.898. The van der Waals surface area contributed by atoms with Crippen LogP contribution in [0.1, 0.15) is 23.6 Å². The number of anilines is 1. The number of rotatable bonds is 3. The summed E-state index contributed by atoms with van der Waals surface area (Å²) in [5, 5.41) is 10.5. The summed E-state index contributed by atoms with van der Waals surface area (Å²) in [6.45, 7) is 2.11. The molecule has 0 aliphatic carbocycles. The first-order valence-electron chi connectivity index (χ1n) is 9.20. The molecule has 1 unspecified atom stereocenters. The number of nitrogens with one attached hydrogen (secondary N) is 2. The van der Waals surface area contributed by atoms with Crippen molar-refractivity contribution >= 4 is 39.2 Å². The van der Waals surface area contributed by atoms with Gasteiger partial charge in [0, 0.05) is 16.8 Å². The fraction of sp³-hybridized carbons (Fsp3) is 0.182. The quantitative estimate of drug-likeness (QED) is 0.704. The molecule has 1 amide bonds. The molecule has 0 saturated carbocycles. The molecule has 28 heavy (non-hydrogen) atoms. The summed E-state index contributed by atoms with van der Waals surface area (Å²) in [7, 11) is 1.67. The zero-order valence-electron chi connectivity index (χ0n) is 15.6. The minimum absolute atomic E-state index is 0.0787. The normalized spacial score (nSPS) is 20.1. The summed E-state index contributed by atoms with van der Waals surface area (Å²) in [6, 6.07) is 18.3. The van der Waals surface area contributed by atoms with E-state index in [-0.39, 0.29) is 5.91 Å². The number of hydrogen-bond donors (Lipinski definition) is 2. The maximum absolute atomic E-state index is 12.8. The molecule has 2 heterocycles. The lowest BCUT2D eigenvalue weighted by Crippen LogP contribution is -2.39. The Morgan fingerprint density at radius 3 is 2.71 bits per heavy atom. The largest absolute Gasteiger partial charge is 0.497 e. The highest BCUT2D eigenvalue weighted by atomic mass is 32.2. The third-order valence-electron chi connectivity index (χ3n) is 5.30. The van der Waals surface area contributed by atoms with Gasteiger partial charge in [-0.25, -0.2) is 0 Å². The lowest BCUT2D eigenvalue weighted by molar-refractivity contribution is -0.118.